The summed E-state index contributed by atoms with van der Waals surface area (Å²) in [5.41, 5.74) is 3.70. The molecule has 0 spiro atoms. The van der Waals surface area contributed by atoms with Crippen molar-refractivity contribution in [1.82, 2.24) is 15.3 Å². The molecule has 3 aromatic rings. The zero-order valence-corrected chi connectivity index (χ0v) is 15.0. The minimum Gasteiger partial charge on any atom is -0.352 e. The van der Waals surface area contributed by atoms with Crippen LogP contribution < -0.4 is 10.6 Å². The fourth-order valence-electron chi connectivity index (χ4n) is 2.94. The molecule has 2 aromatic carbocycles. The largest absolute Gasteiger partial charge is 0.352 e. The molecule has 0 atom stereocenters. The van der Waals surface area contributed by atoms with Gasteiger partial charge in [-0.1, -0.05) is 24.3 Å². The maximum atomic E-state index is 12.1. The molecule has 0 unspecified atom stereocenters. The van der Waals surface area contributed by atoms with Crippen LogP contribution in [0, 0.1) is 5.92 Å². The second kappa shape index (κ2) is 7.61. The molecule has 6 heteroatoms. The van der Waals surface area contributed by atoms with Crippen molar-refractivity contribution in [2.75, 3.05) is 5.32 Å². The van der Waals surface area contributed by atoms with Crippen LogP contribution in [0.15, 0.2) is 48.5 Å². The first kappa shape index (κ1) is 17.3. The van der Waals surface area contributed by atoms with Crippen LogP contribution in [0.5, 0.6) is 0 Å². The number of rotatable bonds is 7. The van der Waals surface area contributed by atoms with Crippen LogP contribution in [0.3, 0.4) is 0 Å². The summed E-state index contributed by atoms with van der Waals surface area (Å²) < 4.78 is 0. The first-order valence-corrected chi connectivity index (χ1v) is 9.27. The number of anilines is 1. The number of fused-ring (bicyclic) bond motifs is 1. The molecule has 27 heavy (non-hydrogen) atoms. The number of hydrogen-bond donors (Lipinski definition) is 3. The number of carbonyl (C=O) groups excluding carboxylic acids is 2. The quantitative estimate of drug-likeness (QED) is 0.603. The SMILES string of the molecule is O=C(CCc1nc2ccccc2[nH]1)NCc1ccc(NC(=O)C2CC2)cc1. The Kier molecular flexibility index (Phi) is 4.87. The molecule has 3 N–H and O–H groups in total. The van der Waals surface area contributed by atoms with Crippen LogP contribution in [0.1, 0.15) is 30.7 Å². The average Bonchev–Trinajstić information content (AvgIpc) is 3.45. The molecule has 1 aliphatic carbocycles. The number of para-hydroxylation sites is 2. The van der Waals surface area contributed by atoms with E-state index in [1.165, 1.54) is 0 Å². The molecule has 2 amide bonds. The third kappa shape index (κ3) is 4.53. The highest BCUT2D eigenvalue weighted by atomic mass is 16.2. The Morgan fingerprint density at radius 3 is 2.59 bits per heavy atom. The van der Waals surface area contributed by atoms with E-state index in [0.717, 1.165) is 41.0 Å². The summed E-state index contributed by atoms with van der Waals surface area (Å²) in [4.78, 5) is 31.6. The third-order valence-electron chi connectivity index (χ3n) is 4.69. The number of nitrogens with zero attached hydrogens (tertiary/aromatic N) is 1. The minimum absolute atomic E-state index is 0.0124. The Morgan fingerprint density at radius 1 is 1.07 bits per heavy atom. The van der Waals surface area contributed by atoms with Crippen LogP contribution in [-0.4, -0.2) is 21.8 Å². The van der Waals surface area contributed by atoms with Crippen molar-refractivity contribution in [2.24, 2.45) is 5.92 Å². The van der Waals surface area contributed by atoms with E-state index in [2.05, 4.69) is 20.6 Å². The van der Waals surface area contributed by atoms with Gasteiger partial charge >= 0.3 is 0 Å². The van der Waals surface area contributed by atoms with Crippen LogP contribution in [0.25, 0.3) is 11.0 Å². The van der Waals surface area contributed by atoms with Crippen LogP contribution >= 0.6 is 0 Å². The summed E-state index contributed by atoms with van der Waals surface area (Å²) in [7, 11) is 0. The predicted octanol–water partition coefficient (Wildman–Crippen LogP) is 3.16. The Balaban J connectivity index is 1.23. The number of aromatic nitrogens is 2. The van der Waals surface area contributed by atoms with Crippen molar-refractivity contribution in [2.45, 2.75) is 32.2 Å². The van der Waals surface area contributed by atoms with Crippen LogP contribution in [0.4, 0.5) is 5.69 Å². The highest BCUT2D eigenvalue weighted by Gasteiger charge is 2.29. The van der Waals surface area contributed by atoms with Crippen molar-refractivity contribution in [1.29, 1.82) is 0 Å². The minimum atomic E-state index is -0.0124. The highest BCUT2D eigenvalue weighted by Crippen LogP contribution is 2.30. The zero-order chi connectivity index (χ0) is 18.6. The van der Waals surface area contributed by atoms with E-state index >= 15 is 0 Å². The van der Waals surface area contributed by atoms with E-state index in [-0.39, 0.29) is 17.7 Å². The van der Waals surface area contributed by atoms with Gasteiger partial charge in [0.15, 0.2) is 0 Å². The highest BCUT2D eigenvalue weighted by molar-refractivity contribution is 5.94. The standard InChI is InChI=1S/C21H22N4O2/c26-20(12-11-19-24-17-3-1-2-4-18(17)25-19)22-13-14-5-9-16(10-6-14)23-21(27)15-7-8-15/h1-6,9-10,15H,7-8,11-13H2,(H,22,26)(H,23,27)(H,24,25). The number of imidazole rings is 1. The summed E-state index contributed by atoms with van der Waals surface area (Å²) in [6.07, 6.45) is 2.94. The van der Waals surface area contributed by atoms with Crippen molar-refractivity contribution >= 4 is 28.5 Å². The molecule has 1 heterocycles. The van der Waals surface area contributed by atoms with Gasteiger partial charge in [-0.2, -0.15) is 0 Å². The number of aromatic amines is 1. The first-order chi connectivity index (χ1) is 13.2. The number of aryl methyl sites for hydroxylation is 1. The normalized spacial score (nSPS) is 13.5. The van der Waals surface area contributed by atoms with E-state index in [9.17, 15) is 9.59 Å². The Hall–Kier alpha value is -3.15. The average molecular weight is 362 g/mol. The second-order valence-corrected chi connectivity index (χ2v) is 6.94. The number of amides is 2. The molecule has 138 valence electrons. The van der Waals surface area contributed by atoms with Gasteiger partial charge in [-0.3, -0.25) is 9.59 Å². The second-order valence-electron chi connectivity index (χ2n) is 6.94. The maximum absolute atomic E-state index is 12.1. The summed E-state index contributed by atoms with van der Waals surface area (Å²) in [6.45, 7) is 0.468. The van der Waals surface area contributed by atoms with Crippen molar-refractivity contribution in [3.63, 3.8) is 0 Å². The molecule has 0 saturated heterocycles. The van der Waals surface area contributed by atoms with Crippen molar-refractivity contribution in [3.05, 3.63) is 59.9 Å². The van der Waals surface area contributed by atoms with Gasteiger partial charge in [-0.05, 0) is 42.7 Å². The Morgan fingerprint density at radius 2 is 1.85 bits per heavy atom. The van der Waals surface area contributed by atoms with E-state index in [4.69, 9.17) is 0 Å². The number of benzene rings is 2. The summed E-state index contributed by atoms with van der Waals surface area (Å²) in [6, 6.07) is 15.4. The summed E-state index contributed by atoms with van der Waals surface area (Å²) in [5.74, 6) is 1.10. The summed E-state index contributed by atoms with van der Waals surface area (Å²) >= 11 is 0. The smallest absolute Gasteiger partial charge is 0.227 e. The monoisotopic (exact) mass is 362 g/mol. The molecule has 1 fully saturated rings. The lowest BCUT2D eigenvalue weighted by atomic mass is 10.2. The van der Waals surface area contributed by atoms with Gasteiger partial charge in [0.25, 0.3) is 0 Å². The van der Waals surface area contributed by atoms with E-state index in [1.807, 2.05) is 48.5 Å². The maximum Gasteiger partial charge on any atom is 0.227 e. The van der Waals surface area contributed by atoms with Crippen molar-refractivity contribution < 1.29 is 9.59 Å². The number of nitrogens with one attached hydrogen (secondary N) is 3. The van der Waals surface area contributed by atoms with Gasteiger partial charge in [0.1, 0.15) is 5.82 Å². The molecule has 0 bridgehead atoms. The molecular formula is C21H22N4O2. The number of hydrogen-bond acceptors (Lipinski definition) is 3. The molecular weight excluding hydrogens is 340 g/mol. The lowest BCUT2D eigenvalue weighted by Gasteiger charge is -2.07. The van der Waals surface area contributed by atoms with Crippen LogP contribution in [0.2, 0.25) is 0 Å². The Bertz CT molecular complexity index is 925. The number of carbonyl (C=O) groups is 2. The molecule has 6 nitrogen and oxygen atoms in total. The molecule has 0 aliphatic heterocycles. The molecule has 0 radical (unpaired) electrons. The summed E-state index contributed by atoms with van der Waals surface area (Å²) in [5, 5.41) is 5.83. The van der Waals surface area contributed by atoms with E-state index in [1.54, 1.807) is 0 Å². The van der Waals surface area contributed by atoms with Gasteiger partial charge < -0.3 is 15.6 Å². The van der Waals surface area contributed by atoms with Gasteiger partial charge in [0.2, 0.25) is 11.8 Å². The molecule has 1 saturated carbocycles. The van der Waals surface area contributed by atoms with Crippen molar-refractivity contribution in [3.8, 4) is 0 Å². The predicted molar refractivity (Wildman–Crippen MR) is 104 cm³/mol. The molecule has 4 rings (SSSR count). The molecule has 1 aliphatic rings. The van der Waals surface area contributed by atoms with Gasteiger partial charge in [0, 0.05) is 31.0 Å². The first-order valence-electron chi connectivity index (χ1n) is 9.27. The third-order valence-corrected chi connectivity index (χ3v) is 4.69. The number of H-pyrrole nitrogens is 1. The lowest BCUT2D eigenvalue weighted by molar-refractivity contribution is -0.121. The fourth-order valence-corrected chi connectivity index (χ4v) is 2.94. The van der Waals surface area contributed by atoms with E-state index < -0.39 is 0 Å². The van der Waals surface area contributed by atoms with Gasteiger partial charge in [-0.25, -0.2) is 4.98 Å². The molecule has 1 aromatic heterocycles. The lowest BCUT2D eigenvalue weighted by Crippen LogP contribution is -2.23. The van der Waals surface area contributed by atoms with Gasteiger partial charge in [0.05, 0.1) is 11.0 Å². The Labute approximate surface area is 157 Å². The topological polar surface area (TPSA) is 86.9 Å². The fraction of sp³-hybridized carbons (Fsp3) is 0.286. The zero-order valence-electron chi connectivity index (χ0n) is 15.0. The van der Waals surface area contributed by atoms with Crippen LogP contribution in [-0.2, 0) is 22.6 Å². The van der Waals surface area contributed by atoms with E-state index in [0.29, 0.717) is 19.4 Å². The van der Waals surface area contributed by atoms with Gasteiger partial charge in [-0.15, -0.1) is 0 Å².